The van der Waals surface area contributed by atoms with Crippen molar-refractivity contribution in [1.29, 1.82) is 0 Å². The van der Waals surface area contributed by atoms with E-state index in [9.17, 15) is 4.79 Å². The molecule has 0 aliphatic heterocycles. The minimum atomic E-state index is -0.389. The summed E-state index contributed by atoms with van der Waals surface area (Å²) in [5.41, 5.74) is 5.01. The fourth-order valence-corrected chi connectivity index (χ4v) is 2.99. The van der Waals surface area contributed by atoms with Crippen LogP contribution >= 0.6 is 12.4 Å². The molecule has 2 aromatic heterocycles. The smallest absolute Gasteiger partial charge is 0.340 e. The van der Waals surface area contributed by atoms with Crippen LogP contribution in [0.1, 0.15) is 35.5 Å². The standard InChI is InChI=1S/C19H21N3O2.ClH/c1-11(2)9-15-17-16(13-8-6-5-7-12(13)3)14(19(23)24-4)10-20-18(17)22-21-15;/h5-8,10-11H,9H2,1-4H3,(H,20,21,22);1H. The van der Waals surface area contributed by atoms with Crippen LogP contribution < -0.4 is 0 Å². The van der Waals surface area contributed by atoms with Crippen LogP contribution in [0.2, 0.25) is 0 Å². The molecule has 0 radical (unpaired) electrons. The molecule has 1 N–H and O–H groups in total. The van der Waals surface area contributed by atoms with Crippen molar-refractivity contribution in [2.75, 3.05) is 7.11 Å². The Kier molecular flexibility index (Phi) is 5.80. The molecule has 0 atom stereocenters. The van der Waals surface area contributed by atoms with Gasteiger partial charge in [-0.1, -0.05) is 38.1 Å². The van der Waals surface area contributed by atoms with Crippen molar-refractivity contribution in [3.63, 3.8) is 0 Å². The second-order valence-electron chi connectivity index (χ2n) is 6.35. The van der Waals surface area contributed by atoms with E-state index in [0.29, 0.717) is 17.1 Å². The Morgan fingerprint density at radius 2 is 2.00 bits per heavy atom. The Labute approximate surface area is 153 Å². The predicted molar refractivity (Wildman–Crippen MR) is 101 cm³/mol. The fourth-order valence-electron chi connectivity index (χ4n) is 2.99. The average Bonchev–Trinajstić information content (AvgIpc) is 2.96. The Morgan fingerprint density at radius 3 is 2.64 bits per heavy atom. The third-order valence-corrected chi connectivity index (χ3v) is 4.09. The number of carbonyl (C=O) groups is 1. The molecule has 0 saturated heterocycles. The van der Waals surface area contributed by atoms with Gasteiger partial charge in [-0.3, -0.25) is 5.10 Å². The second kappa shape index (κ2) is 7.66. The van der Waals surface area contributed by atoms with Crippen LogP contribution in [-0.2, 0) is 11.2 Å². The van der Waals surface area contributed by atoms with Gasteiger partial charge in [-0.05, 0) is 30.4 Å². The molecule has 0 bridgehead atoms. The van der Waals surface area contributed by atoms with Crippen LogP contribution in [-0.4, -0.2) is 28.3 Å². The largest absolute Gasteiger partial charge is 0.465 e. The molecule has 132 valence electrons. The lowest BCUT2D eigenvalue weighted by Crippen LogP contribution is -2.06. The quantitative estimate of drug-likeness (QED) is 0.703. The number of ether oxygens (including phenoxy) is 1. The number of methoxy groups -OCH3 is 1. The zero-order chi connectivity index (χ0) is 17.3. The third-order valence-electron chi connectivity index (χ3n) is 4.09. The molecule has 6 heteroatoms. The first kappa shape index (κ1) is 18.9. The number of esters is 1. The molecule has 3 aromatic rings. The van der Waals surface area contributed by atoms with Crippen LogP contribution in [0.3, 0.4) is 0 Å². The van der Waals surface area contributed by atoms with Crippen molar-refractivity contribution in [3.8, 4) is 11.1 Å². The van der Waals surface area contributed by atoms with Gasteiger partial charge >= 0.3 is 5.97 Å². The Bertz CT molecular complexity index is 903. The van der Waals surface area contributed by atoms with Gasteiger partial charge in [0.15, 0.2) is 5.65 Å². The lowest BCUT2D eigenvalue weighted by molar-refractivity contribution is 0.0601. The van der Waals surface area contributed by atoms with Crippen LogP contribution in [0, 0.1) is 12.8 Å². The van der Waals surface area contributed by atoms with E-state index in [4.69, 9.17) is 4.74 Å². The van der Waals surface area contributed by atoms with Gasteiger partial charge in [0.1, 0.15) is 0 Å². The summed E-state index contributed by atoms with van der Waals surface area (Å²) in [5, 5.41) is 8.34. The van der Waals surface area contributed by atoms with Gasteiger partial charge in [0.25, 0.3) is 0 Å². The zero-order valence-corrected chi connectivity index (χ0v) is 15.6. The van der Waals surface area contributed by atoms with Crippen LogP contribution in [0.5, 0.6) is 0 Å². The second-order valence-corrected chi connectivity index (χ2v) is 6.35. The summed E-state index contributed by atoms with van der Waals surface area (Å²) in [6.07, 6.45) is 2.37. The van der Waals surface area contributed by atoms with Crippen molar-refractivity contribution < 1.29 is 9.53 Å². The van der Waals surface area contributed by atoms with E-state index < -0.39 is 0 Å². The van der Waals surface area contributed by atoms with Gasteiger partial charge in [-0.2, -0.15) is 5.10 Å². The first-order valence-corrected chi connectivity index (χ1v) is 8.03. The van der Waals surface area contributed by atoms with Gasteiger partial charge in [-0.25, -0.2) is 9.78 Å². The van der Waals surface area contributed by atoms with Crippen molar-refractivity contribution in [3.05, 3.63) is 47.3 Å². The molecule has 0 aliphatic rings. The number of hydrogen-bond donors (Lipinski definition) is 1. The molecule has 25 heavy (non-hydrogen) atoms. The molecule has 2 heterocycles. The van der Waals surface area contributed by atoms with Crippen molar-refractivity contribution in [2.45, 2.75) is 27.2 Å². The molecule has 0 unspecified atom stereocenters. The molecule has 0 aliphatic carbocycles. The summed E-state index contributed by atoms with van der Waals surface area (Å²) in [7, 11) is 1.39. The highest BCUT2D eigenvalue weighted by atomic mass is 35.5. The first-order valence-electron chi connectivity index (χ1n) is 8.03. The summed E-state index contributed by atoms with van der Waals surface area (Å²) in [6, 6.07) is 8.00. The van der Waals surface area contributed by atoms with E-state index in [1.165, 1.54) is 7.11 Å². The number of nitrogens with zero attached hydrogens (tertiary/aromatic N) is 2. The van der Waals surface area contributed by atoms with Crippen LogP contribution in [0.15, 0.2) is 30.5 Å². The number of fused-ring (bicyclic) bond motifs is 1. The lowest BCUT2D eigenvalue weighted by Gasteiger charge is -2.13. The minimum Gasteiger partial charge on any atom is -0.465 e. The molecule has 0 spiro atoms. The van der Waals surface area contributed by atoms with E-state index in [1.807, 2.05) is 31.2 Å². The number of pyridine rings is 1. The number of H-pyrrole nitrogens is 1. The maximum atomic E-state index is 12.3. The summed E-state index contributed by atoms with van der Waals surface area (Å²) < 4.78 is 4.98. The van der Waals surface area contributed by atoms with Crippen LogP contribution in [0.25, 0.3) is 22.2 Å². The van der Waals surface area contributed by atoms with Gasteiger partial charge in [0.2, 0.25) is 0 Å². The Morgan fingerprint density at radius 1 is 1.28 bits per heavy atom. The summed E-state index contributed by atoms with van der Waals surface area (Å²) in [4.78, 5) is 16.7. The minimum absolute atomic E-state index is 0. The summed E-state index contributed by atoms with van der Waals surface area (Å²) in [5.74, 6) is 0.0577. The highest BCUT2D eigenvalue weighted by Gasteiger charge is 2.22. The number of benzene rings is 1. The summed E-state index contributed by atoms with van der Waals surface area (Å²) in [6.45, 7) is 6.32. The number of aryl methyl sites for hydroxylation is 1. The number of hydrogen-bond acceptors (Lipinski definition) is 4. The van der Waals surface area contributed by atoms with E-state index in [0.717, 1.165) is 34.2 Å². The van der Waals surface area contributed by atoms with Gasteiger partial charge in [-0.15, -0.1) is 12.4 Å². The Balaban J connectivity index is 0.00000225. The van der Waals surface area contributed by atoms with E-state index >= 15 is 0 Å². The summed E-state index contributed by atoms with van der Waals surface area (Å²) >= 11 is 0. The monoisotopic (exact) mass is 359 g/mol. The topological polar surface area (TPSA) is 67.9 Å². The van der Waals surface area contributed by atoms with Crippen molar-refractivity contribution >= 4 is 29.4 Å². The number of aromatic amines is 1. The molecular weight excluding hydrogens is 338 g/mol. The molecule has 0 fully saturated rings. The molecule has 0 amide bonds. The average molecular weight is 360 g/mol. The van der Waals surface area contributed by atoms with Crippen molar-refractivity contribution in [2.24, 2.45) is 5.92 Å². The number of rotatable bonds is 4. The molecule has 5 nitrogen and oxygen atoms in total. The highest BCUT2D eigenvalue weighted by Crippen LogP contribution is 2.35. The van der Waals surface area contributed by atoms with Gasteiger partial charge in [0, 0.05) is 11.8 Å². The van der Waals surface area contributed by atoms with E-state index in [2.05, 4.69) is 29.0 Å². The maximum absolute atomic E-state index is 12.3. The molecule has 1 aromatic carbocycles. The first-order chi connectivity index (χ1) is 11.5. The SMILES string of the molecule is COC(=O)c1cnc2[nH]nc(CC(C)C)c2c1-c1ccccc1C.Cl. The Hall–Kier alpha value is -2.40. The van der Waals surface area contributed by atoms with E-state index in [-0.39, 0.29) is 18.4 Å². The fraction of sp³-hybridized carbons (Fsp3) is 0.316. The third kappa shape index (κ3) is 3.51. The maximum Gasteiger partial charge on any atom is 0.340 e. The molecular formula is C19H22ClN3O2. The number of carbonyl (C=O) groups excluding carboxylic acids is 1. The molecule has 3 rings (SSSR count). The number of halogens is 1. The zero-order valence-electron chi connectivity index (χ0n) is 14.8. The van der Waals surface area contributed by atoms with Crippen LogP contribution in [0.4, 0.5) is 0 Å². The highest BCUT2D eigenvalue weighted by molar-refractivity contribution is 6.07. The van der Waals surface area contributed by atoms with Gasteiger partial charge < -0.3 is 4.74 Å². The number of aromatic nitrogens is 3. The molecule has 0 saturated carbocycles. The van der Waals surface area contributed by atoms with Gasteiger partial charge in [0.05, 0.1) is 23.8 Å². The lowest BCUT2D eigenvalue weighted by atomic mass is 9.92. The van der Waals surface area contributed by atoms with Crippen molar-refractivity contribution in [1.82, 2.24) is 15.2 Å². The normalized spacial score (nSPS) is 10.8. The number of nitrogens with one attached hydrogen (secondary N) is 1. The predicted octanol–water partition coefficient (Wildman–Crippen LogP) is 4.34. The van der Waals surface area contributed by atoms with E-state index in [1.54, 1.807) is 6.20 Å².